The zero-order valence-corrected chi connectivity index (χ0v) is 10.7. The van der Waals surface area contributed by atoms with Gasteiger partial charge in [-0.2, -0.15) is 0 Å². The lowest BCUT2D eigenvalue weighted by Crippen LogP contribution is -2.34. The van der Waals surface area contributed by atoms with Crippen molar-refractivity contribution >= 4 is 16.9 Å². The van der Waals surface area contributed by atoms with E-state index in [4.69, 9.17) is 10.5 Å². The molecule has 0 radical (unpaired) electrons. The number of anilines is 1. The molecule has 4 rings (SSSR count). The number of nitrogens with zero attached hydrogens (tertiary/aromatic N) is 3. The summed E-state index contributed by atoms with van der Waals surface area (Å²) in [6.45, 7) is -0.137. The van der Waals surface area contributed by atoms with Crippen LogP contribution in [0.3, 0.4) is 0 Å². The summed E-state index contributed by atoms with van der Waals surface area (Å²) in [5, 5.41) is 30.4. The first-order valence-electron chi connectivity index (χ1n) is 6.29. The number of nitrogen functional groups attached to an aromatic ring is 1. The van der Waals surface area contributed by atoms with Crippen LogP contribution in [0.1, 0.15) is 0 Å². The Morgan fingerprint density at radius 3 is 2.86 bits per heavy atom. The van der Waals surface area contributed by atoms with Gasteiger partial charge in [0, 0.05) is 12.3 Å². The van der Waals surface area contributed by atoms with Gasteiger partial charge in [0.25, 0.3) is 0 Å². The topological polar surface area (TPSA) is 144 Å². The Labute approximate surface area is 117 Å². The molecule has 1 aliphatic heterocycles. The lowest BCUT2D eigenvalue weighted by Gasteiger charge is -2.19. The zero-order chi connectivity index (χ0) is 15.0. The molecule has 1 aliphatic carbocycles. The van der Waals surface area contributed by atoms with Gasteiger partial charge in [0.2, 0.25) is 5.72 Å². The highest BCUT2D eigenvalue weighted by molar-refractivity contribution is 5.85. The normalized spacial score (nSPS) is 37.7. The Kier molecular flexibility index (Phi) is 2.15. The van der Waals surface area contributed by atoms with Crippen molar-refractivity contribution in [3.63, 3.8) is 0 Å². The number of aliphatic hydroxyl groups excluding tert-OH is 2. The third kappa shape index (κ3) is 1.19. The minimum atomic E-state index is -1.84. The summed E-state index contributed by atoms with van der Waals surface area (Å²) in [7, 11) is 0. The average Bonchev–Trinajstić information content (AvgIpc) is 2.79. The predicted octanol–water partition coefficient (Wildman–Crippen LogP) is -2.48. The molecule has 1 saturated heterocycles. The largest absolute Gasteiger partial charge is 0.387 e. The molecule has 0 aromatic carbocycles. The van der Waals surface area contributed by atoms with Crippen molar-refractivity contribution < 1.29 is 20.1 Å². The molecule has 9 nitrogen and oxygen atoms in total. The van der Waals surface area contributed by atoms with Crippen LogP contribution < -0.4 is 11.2 Å². The minimum absolute atomic E-state index is 0.00650. The smallest absolute Gasteiger partial charge is 0.210 e. The van der Waals surface area contributed by atoms with Crippen molar-refractivity contribution in [3.05, 3.63) is 28.8 Å². The summed E-state index contributed by atoms with van der Waals surface area (Å²) in [4.78, 5) is 19.7. The van der Waals surface area contributed by atoms with Gasteiger partial charge >= 0.3 is 0 Å². The number of pyridine rings is 1. The van der Waals surface area contributed by atoms with E-state index in [9.17, 15) is 20.1 Å². The Bertz CT molecular complexity index is 823. The number of aliphatic hydroxyl groups is 3. The third-order valence-corrected chi connectivity index (χ3v) is 4.31. The maximum Gasteiger partial charge on any atom is 0.210 e. The van der Waals surface area contributed by atoms with Gasteiger partial charge < -0.3 is 25.8 Å². The number of nitrogens with two attached hydrogens (primary N) is 1. The van der Waals surface area contributed by atoms with Crippen molar-refractivity contribution in [2.24, 2.45) is 0 Å². The van der Waals surface area contributed by atoms with E-state index in [-0.39, 0.29) is 28.9 Å². The lowest BCUT2D eigenvalue weighted by atomic mass is 10.2. The number of hydrogen-bond donors (Lipinski definition) is 4. The number of aromatic nitrogens is 3. The van der Waals surface area contributed by atoms with Gasteiger partial charge in [-0.15, -0.1) is 0 Å². The molecule has 0 bridgehead atoms. The van der Waals surface area contributed by atoms with Crippen molar-refractivity contribution in [2.75, 3.05) is 12.3 Å². The molecule has 2 fully saturated rings. The van der Waals surface area contributed by atoms with Crippen LogP contribution in [-0.2, 0) is 10.5 Å². The molecule has 110 valence electrons. The molecule has 2 aliphatic rings. The van der Waals surface area contributed by atoms with Crippen LogP contribution in [-0.4, -0.2) is 54.3 Å². The van der Waals surface area contributed by atoms with Gasteiger partial charge in [0.1, 0.15) is 29.7 Å². The van der Waals surface area contributed by atoms with Gasteiger partial charge in [-0.05, 0) is 0 Å². The fourth-order valence-corrected chi connectivity index (χ4v) is 3.14. The molecular formula is C12H12N4O5. The molecule has 21 heavy (non-hydrogen) atoms. The van der Waals surface area contributed by atoms with E-state index >= 15 is 0 Å². The highest BCUT2D eigenvalue weighted by atomic mass is 16.6. The Balaban J connectivity index is 2.05. The molecule has 3 heterocycles. The molecule has 2 aromatic heterocycles. The fourth-order valence-electron chi connectivity index (χ4n) is 3.14. The maximum absolute atomic E-state index is 11.9. The van der Waals surface area contributed by atoms with Crippen LogP contribution in [0.25, 0.3) is 11.0 Å². The molecule has 9 heteroatoms. The van der Waals surface area contributed by atoms with Crippen molar-refractivity contribution in [3.8, 4) is 0 Å². The molecule has 2 aromatic rings. The summed E-state index contributed by atoms with van der Waals surface area (Å²) in [5.74, 6) is -0.00650. The second kappa shape index (κ2) is 3.57. The lowest BCUT2D eigenvalue weighted by molar-refractivity contribution is -0.0487. The standard InChI is InChI=1S/C12H12N4O5/c13-8-7-5(17)1-2-16(9(7)15-4-14-8)12-10(19)11(12,20)6(18)3-21-12/h1-2,4,6,10,18-20H,3H2,(H2,13,14,15)/t6-,10?,11-,12-/m0/s1. The number of hydrogen-bond acceptors (Lipinski definition) is 8. The molecule has 1 unspecified atom stereocenters. The monoisotopic (exact) mass is 292 g/mol. The maximum atomic E-state index is 11.9. The average molecular weight is 292 g/mol. The SMILES string of the molecule is Nc1ncnc2c1c(=O)ccn2[C@@]12OC[C@H](O)[C@]1(O)C2O. The molecule has 0 spiro atoms. The molecular weight excluding hydrogens is 280 g/mol. The van der Waals surface area contributed by atoms with E-state index < -0.39 is 23.5 Å². The van der Waals surface area contributed by atoms with Gasteiger partial charge in [-0.25, -0.2) is 9.97 Å². The van der Waals surface area contributed by atoms with E-state index in [1.807, 2.05) is 0 Å². The minimum Gasteiger partial charge on any atom is -0.387 e. The Morgan fingerprint density at radius 1 is 1.43 bits per heavy atom. The highest BCUT2D eigenvalue weighted by Gasteiger charge is 2.86. The van der Waals surface area contributed by atoms with Crippen molar-refractivity contribution in [2.45, 2.75) is 23.5 Å². The first-order chi connectivity index (χ1) is 9.94. The molecule has 1 saturated carbocycles. The quantitative estimate of drug-likeness (QED) is 0.452. The fraction of sp³-hybridized carbons (Fsp3) is 0.417. The first kappa shape index (κ1) is 12.7. The summed E-state index contributed by atoms with van der Waals surface area (Å²) in [6.07, 6.45) is -0.0587. The second-order valence-corrected chi connectivity index (χ2v) is 5.26. The first-order valence-corrected chi connectivity index (χ1v) is 6.29. The number of fused-ring (bicyclic) bond motifs is 2. The van der Waals surface area contributed by atoms with Gasteiger partial charge in [0.05, 0.1) is 6.61 Å². The van der Waals surface area contributed by atoms with E-state index in [0.717, 1.165) is 0 Å². The Morgan fingerprint density at radius 2 is 2.19 bits per heavy atom. The van der Waals surface area contributed by atoms with Crippen LogP contribution in [0.4, 0.5) is 5.82 Å². The highest BCUT2D eigenvalue weighted by Crippen LogP contribution is 2.61. The van der Waals surface area contributed by atoms with Crippen LogP contribution in [0.15, 0.2) is 23.4 Å². The molecule has 4 atom stereocenters. The number of ether oxygens (including phenoxy) is 1. The van der Waals surface area contributed by atoms with E-state index in [1.54, 1.807) is 0 Å². The Hall–Kier alpha value is -2.07. The van der Waals surface area contributed by atoms with Crippen LogP contribution in [0.2, 0.25) is 0 Å². The summed E-state index contributed by atoms with van der Waals surface area (Å²) >= 11 is 0. The predicted molar refractivity (Wildman–Crippen MR) is 69.1 cm³/mol. The third-order valence-electron chi connectivity index (χ3n) is 4.31. The summed E-state index contributed by atoms with van der Waals surface area (Å²) < 4.78 is 6.75. The summed E-state index contributed by atoms with van der Waals surface area (Å²) in [6, 6.07) is 1.22. The van der Waals surface area contributed by atoms with E-state index in [0.29, 0.717) is 0 Å². The summed E-state index contributed by atoms with van der Waals surface area (Å²) in [5.41, 5.74) is 2.03. The number of rotatable bonds is 1. The van der Waals surface area contributed by atoms with Crippen LogP contribution in [0, 0.1) is 0 Å². The van der Waals surface area contributed by atoms with Gasteiger partial charge in [-0.3, -0.25) is 9.36 Å². The van der Waals surface area contributed by atoms with E-state index in [2.05, 4.69) is 9.97 Å². The van der Waals surface area contributed by atoms with Crippen molar-refractivity contribution in [1.82, 2.24) is 14.5 Å². The zero-order valence-electron chi connectivity index (χ0n) is 10.7. The molecule has 5 N–H and O–H groups in total. The van der Waals surface area contributed by atoms with Crippen LogP contribution in [0.5, 0.6) is 0 Å². The van der Waals surface area contributed by atoms with Crippen molar-refractivity contribution in [1.29, 1.82) is 0 Å². The van der Waals surface area contributed by atoms with E-state index in [1.165, 1.54) is 23.2 Å². The van der Waals surface area contributed by atoms with Gasteiger partial charge in [-0.1, -0.05) is 0 Å². The second-order valence-electron chi connectivity index (χ2n) is 5.26. The van der Waals surface area contributed by atoms with Gasteiger partial charge in [0.15, 0.2) is 16.7 Å². The van der Waals surface area contributed by atoms with Crippen LogP contribution >= 0.6 is 0 Å². The molecule has 0 amide bonds.